The quantitative estimate of drug-likeness (QED) is 0.334. The van der Waals surface area contributed by atoms with Gasteiger partial charge in [0, 0.05) is 0 Å². The number of carbonyl (C=O) groups excluding carboxylic acids is 1. The van der Waals surface area contributed by atoms with E-state index in [2.05, 4.69) is 16.7 Å². The lowest BCUT2D eigenvalue weighted by atomic mass is 9.65. The van der Waals surface area contributed by atoms with Crippen molar-refractivity contribution in [2.75, 3.05) is 0 Å². The van der Waals surface area contributed by atoms with Gasteiger partial charge in [-0.05, 0) is 66.7 Å². The highest BCUT2D eigenvalue weighted by atomic mass is 19.3. The summed E-state index contributed by atoms with van der Waals surface area (Å²) >= 11 is 0. The van der Waals surface area contributed by atoms with E-state index < -0.39 is 41.3 Å². The average Bonchev–Trinajstić information content (AvgIpc) is 3.63. The lowest BCUT2D eigenvalue weighted by Crippen LogP contribution is -2.51. The molecule has 2 aromatic carbocycles. The van der Waals surface area contributed by atoms with Crippen LogP contribution in [0.25, 0.3) is 11.1 Å². The van der Waals surface area contributed by atoms with E-state index in [9.17, 15) is 28.7 Å². The van der Waals surface area contributed by atoms with Crippen LogP contribution in [-0.4, -0.2) is 35.0 Å². The summed E-state index contributed by atoms with van der Waals surface area (Å²) in [6.45, 7) is 3.84. The number of amides is 1. The van der Waals surface area contributed by atoms with Gasteiger partial charge in [0.05, 0.1) is 23.6 Å². The fourth-order valence-corrected chi connectivity index (χ4v) is 5.17. The van der Waals surface area contributed by atoms with Crippen LogP contribution in [0.5, 0.6) is 0 Å². The molecule has 1 amide bonds. The summed E-state index contributed by atoms with van der Waals surface area (Å²) in [6, 6.07) is 14.4. The Morgan fingerprint density at radius 2 is 1.74 bits per heavy atom. The van der Waals surface area contributed by atoms with Crippen LogP contribution in [0.2, 0.25) is 0 Å². The number of carboxylic acids is 1. The Balaban J connectivity index is 1.50. The summed E-state index contributed by atoms with van der Waals surface area (Å²) in [4.78, 5) is 24.7. The van der Waals surface area contributed by atoms with E-state index in [4.69, 9.17) is 0 Å². The van der Waals surface area contributed by atoms with Crippen LogP contribution in [0.4, 0.5) is 8.78 Å². The Bertz CT molecular complexity index is 1200. The second-order valence-corrected chi connectivity index (χ2v) is 11.3. The molecule has 0 saturated heterocycles. The molecule has 6 nitrogen and oxygen atoms in total. The number of carboxylic acid groups (broad SMARTS) is 1. The Kier molecular flexibility index (Phi) is 8.17. The molecule has 2 saturated carbocycles. The highest BCUT2D eigenvalue weighted by Crippen LogP contribution is 2.44. The van der Waals surface area contributed by atoms with E-state index in [1.165, 1.54) is 0 Å². The third-order valence-electron chi connectivity index (χ3n) is 7.82. The minimum Gasteiger partial charge on any atom is -0.481 e. The Labute approximate surface area is 222 Å². The predicted molar refractivity (Wildman–Crippen MR) is 140 cm³/mol. The van der Waals surface area contributed by atoms with E-state index in [1.54, 1.807) is 24.3 Å². The molecular weight excluding hydrogens is 488 g/mol. The number of halogens is 2. The van der Waals surface area contributed by atoms with Crippen molar-refractivity contribution in [2.45, 2.75) is 82.8 Å². The molecule has 0 heterocycles. The maximum absolute atomic E-state index is 14.2. The second-order valence-electron chi connectivity index (χ2n) is 11.3. The molecule has 202 valence electrons. The highest BCUT2D eigenvalue weighted by molar-refractivity contribution is 5.83. The van der Waals surface area contributed by atoms with Gasteiger partial charge in [0.25, 0.3) is 6.43 Å². The number of hydrogen-bond acceptors (Lipinski definition) is 4. The van der Waals surface area contributed by atoms with Crippen molar-refractivity contribution in [3.8, 4) is 17.2 Å². The number of rotatable bonds is 12. The molecule has 0 bridgehead atoms. The van der Waals surface area contributed by atoms with Gasteiger partial charge in [0.1, 0.15) is 5.54 Å². The first kappa shape index (κ1) is 27.7. The molecule has 0 radical (unpaired) electrons. The number of hydrogen-bond donors (Lipinski definition) is 3. The summed E-state index contributed by atoms with van der Waals surface area (Å²) in [5, 5.41) is 24.6. The van der Waals surface area contributed by atoms with Gasteiger partial charge in [-0.3, -0.25) is 14.9 Å². The van der Waals surface area contributed by atoms with E-state index in [0.717, 1.165) is 23.1 Å². The maximum atomic E-state index is 14.2. The van der Waals surface area contributed by atoms with Crippen LogP contribution in [0.3, 0.4) is 0 Å². The monoisotopic (exact) mass is 523 g/mol. The highest BCUT2D eigenvalue weighted by Gasteiger charge is 2.46. The SMILES string of the molecule is CC(C)C[C@H](N[C@@H](c1ccc(-c2cccc(CC3(C(=O)O)CCC3)c2)cc1)C(F)F)C(=O)NC1(C#N)CC1. The zero-order valence-electron chi connectivity index (χ0n) is 21.8. The minimum atomic E-state index is -2.74. The largest absolute Gasteiger partial charge is 0.481 e. The molecule has 2 aliphatic carbocycles. The molecule has 0 spiro atoms. The second kappa shape index (κ2) is 11.2. The van der Waals surface area contributed by atoms with Crippen LogP contribution in [0.1, 0.15) is 69.5 Å². The Morgan fingerprint density at radius 1 is 1.05 bits per heavy atom. The molecule has 0 aliphatic heterocycles. The summed E-state index contributed by atoms with van der Waals surface area (Å²) in [6.07, 6.45) is 1.51. The summed E-state index contributed by atoms with van der Waals surface area (Å²) in [7, 11) is 0. The van der Waals surface area contributed by atoms with Crippen molar-refractivity contribution in [3.05, 3.63) is 59.7 Å². The zero-order chi connectivity index (χ0) is 27.5. The fourth-order valence-electron chi connectivity index (χ4n) is 5.17. The smallest absolute Gasteiger partial charge is 0.309 e. The normalized spacial score (nSPS) is 18.8. The summed E-state index contributed by atoms with van der Waals surface area (Å²) < 4.78 is 28.4. The standard InChI is InChI=1S/C30H35F2N3O3/c1-19(2)15-24(27(36)35-30(18-33)13-14-30)34-25(26(31)32)22-9-7-21(8-10-22)23-6-3-5-20(16-23)17-29(28(37)38)11-4-12-29/h3,5-10,16,19,24-26,34H,4,11-15,17H2,1-2H3,(H,35,36)(H,37,38)/t24-,25-/m0/s1. The molecule has 2 aliphatic rings. The van der Waals surface area contributed by atoms with Crippen LogP contribution in [-0.2, 0) is 16.0 Å². The zero-order valence-corrected chi connectivity index (χ0v) is 21.8. The number of nitriles is 1. The number of alkyl halides is 2. The van der Waals surface area contributed by atoms with Gasteiger partial charge < -0.3 is 10.4 Å². The van der Waals surface area contributed by atoms with E-state index in [-0.39, 0.29) is 5.92 Å². The van der Waals surface area contributed by atoms with Crippen molar-refractivity contribution in [1.82, 2.24) is 10.6 Å². The molecule has 2 atom stereocenters. The van der Waals surface area contributed by atoms with Gasteiger partial charge in [0.2, 0.25) is 5.91 Å². The molecule has 0 unspecified atom stereocenters. The van der Waals surface area contributed by atoms with E-state index in [0.29, 0.717) is 44.1 Å². The first-order valence-corrected chi connectivity index (χ1v) is 13.3. The van der Waals surface area contributed by atoms with Crippen molar-refractivity contribution in [2.24, 2.45) is 11.3 Å². The molecule has 8 heteroatoms. The Morgan fingerprint density at radius 3 is 2.24 bits per heavy atom. The van der Waals surface area contributed by atoms with E-state index in [1.807, 2.05) is 38.1 Å². The third kappa shape index (κ3) is 6.21. The number of nitrogens with one attached hydrogen (secondary N) is 2. The van der Waals surface area contributed by atoms with Crippen LogP contribution in [0, 0.1) is 22.7 Å². The lowest BCUT2D eigenvalue weighted by Gasteiger charge is -2.37. The van der Waals surface area contributed by atoms with Crippen LogP contribution in [0.15, 0.2) is 48.5 Å². The molecule has 38 heavy (non-hydrogen) atoms. The van der Waals surface area contributed by atoms with Gasteiger partial charge in [-0.1, -0.05) is 68.8 Å². The molecule has 3 N–H and O–H groups in total. The first-order valence-electron chi connectivity index (χ1n) is 13.3. The van der Waals surface area contributed by atoms with Gasteiger partial charge in [-0.2, -0.15) is 5.26 Å². The topological polar surface area (TPSA) is 102 Å². The predicted octanol–water partition coefficient (Wildman–Crippen LogP) is 5.63. The van der Waals surface area contributed by atoms with Crippen LogP contribution < -0.4 is 10.6 Å². The Hall–Kier alpha value is -3.31. The average molecular weight is 524 g/mol. The number of carbonyl (C=O) groups is 2. The lowest BCUT2D eigenvalue weighted by molar-refractivity contribution is -0.154. The van der Waals surface area contributed by atoms with Crippen molar-refractivity contribution < 1.29 is 23.5 Å². The fraction of sp³-hybridized carbons (Fsp3) is 0.500. The van der Waals surface area contributed by atoms with Gasteiger partial charge in [-0.25, -0.2) is 8.78 Å². The number of nitrogens with zero attached hydrogens (tertiary/aromatic N) is 1. The van der Waals surface area contributed by atoms with Gasteiger partial charge >= 0.3 is 5.97 Å². The summed E-state index contributed by atoms with van der Waals surface area (Å²) in [5.74, 6) is -1.10. The van der Waals surface area contributed by atoms with Gasteiger partial charge in [-0.15, -0.1) is 0 Å². The van der Waals surface area contributed by atoms with Crippen molar-refractivity contribution >= 4 is 11.9 Å². The van der Waals surface area contributed by atoms with Crippen LogP contribution >= 0.6 is 0 Å². The van der Waals surface area contributed by atoms with Crippen molar-refractivity contribution in [1.29, 1.82) is 5.26 Å². The molecule has 2 aromatic rings. The third-order valence-corrected chi connectivity index (χ3v) is 7.82. The number of benzene rings is 2. The van der Waals surface area contributed by atoms with E-state index >= 15 is 0 Å². The first-order chi connectivity index (χ1) is 18.1. The summed E-state index contributed by atoms with van der Waals surface area (Å²) in [5.41, 5.74) is 1.47. The number of aliphatic carboxylic acids is 1. The molecular formula is C30H35F2N3O3. The maximum Gasteiger partial charge on any atom is 0.309 e. The van der Waals surface area contributed by atoms with Crippen molar-refractivity contribution in [3.63, 3.8) is 0 Å². The minimum absolute atomic E-state index is 0.0867. The molecule has 4 rings (SSSR count). The molecule has 2 fully saturated rings. The molecule has 0 aromatic heterocycles. The van der Waals surface area contributed by atoms with Gasteiger partial charge in [0.15, 0.2) is 0 Å².